The summed E-state index contributed by atoms with van der Waals surface area (Å²) in [4.78, 5) is 0. The van der Waals surface area contributed by atoms with Crippen LogP contribution in [-0.2, 0) is 20.2 Å². The first kappa shape index (κ1) is 11.7. The molecule has 0 spiro atoms. The van der Waals surface area contributed by atoms with Crippen molar-refractivity contribution in [2.24, 2.45) is 5.41 Å². The van der Waals surface area contributed by atoms with Gasteiger partial charge in [0.1, 0.15) is 0 Å². The highest BCUT2D eigenvalue weighted by Crippen LogP contribution is 2.45. The van der Waals surface area contributed by atoms with E-state index in [-0.39, 0.29) is 5.41 Å². The predicted octanol–water partition coefficient (Wildman–Crippen LogP) is 3.03. The Morgan fingerprint density at radius 1 is 1.06 bits per heavy atom. The highest BCUT2D eigenvalue weighted by Gasteiger charge is 2.52. The van der Waals surface area contributed by atoms with Crippen LogP contribution in [-0.4, -0.2) is 19.8 Å². The van der Waals surface area contributed by atoms with E-state index in [0.29, 0.717) is 19.8 Å². The van der Waals surface area contributed by atoms with Crippen LogP contribution in [0.1, 0.15) is 18.9 Å². The van der Waals surface area contributed by atoms with Gasteiger partial charge in [0.25, 0.3) is 0 Å². The molecule has 3 heterocycles. The quantitative estimate of drug-likeness (QED) is 0.840. The van der Waals surface area contributed by atoms with Crippen molar-refractivity contribution in [2.75, 3.05) is 19.8 Å². The molecule has 0 aromatic heterocycles. The number of hydrogen-bond donors (Lipinski definition) is 0. The number of halogens is 1. The summed E-state index contributed by atoms with van der Waals surface area (Å²) in [6.07, 6.45) is 1.02. The monoisotopic (exact) mass is 298 g/mol. The second-order valence-electron chi connectivity index (χ2n) is 4.78. The molecule has 1 aromatic carbocycles. The number of rotatable bonds is 2. The Hall–Kier alpha value is -0.420. The molecule has 0 radical (unpaired) electrons. The SMILES string of the molecule is CCC12COC(c3ccc(Br)cc3)(OC1)OC2. The third-order valence-electron chi connectivity index (χ3n) is 3.65. The maximum absolute atomic E-state index is 5.82. The molecule has 4 rings (SSSR count). The number of hydrogen-bond acceptors (Lipinski definition) is 3. The van der Waals surface area contributed by atoms with Gasteiger partial charge in [-0.2, -0.15) is 0 Å². The highest BCUT2D eigenvalue weighted by molar-refractivity contribution is 9.10. The summed E-state index contributed by atoms with van der Waals surface area (Å²) in [7, 11) is 0. The van der Waals surface area contributed by atoms with Gasteiger partial charge in [0, 0.05) is 15.5 Å². The van der Waals surface area contributed by atoms with E-state index in [4.69, 9.17) is 14.2 Å². The molecule has 92 valence electrons. The van der Waals surface area contributed by atoms with E-state index >= 15 is 0 Å². The molecular formula is C13H15BrO3. The third-order valence-corrected chi connectivity index (χ3v) is 4.18. The van der Waals surface area contributed by atoms with Crippen molar-refractivity contribution < 1.29 is 14.2 Å². The molecule has 0 N–H and O–H groups in total. The van der Waals surface area contributed by atoms with Crippen molar-refractivity contribution in [1.82, 2.24) is 0 Å². The average molecular weight is 299 g/mol. The average Bonchev–Trinajstić information content (AvgIpc) is 2.41. The second kappa shape index (κ2) is 4.05. The summed E-state index contributed by atoms with van der Waals surface area (Å²) in [6.45, 7) is 4.27. The maximum Gasteiger partial charge on any atom is 0.312 e. The van der Waals surface area contributed by atoms with Crippen LogP contribution >= 0.6 is 15.9 Å². The lowest BCUT2D eigenvalue weighted by Gasteiger charge is -2.51. The third kappa shape index (κ3) is 1.83. The molecule has 4 heteroatoms. The standard InChI is InChI=1S/C13H15BrO3/c1-2-12-7-15-13(16-8-12,17-9-12)10-3-5-11(14)6-4-10/h3-6H,2,7-9H2,1H3. The van der Waals surface area contributed by atoms with Gasteiger partial charge in [0.2, 0.25) is 0 Å². The lowest BCUT2D eigenvalue weighted by Crippen LogP contribution is -2.58. The van der Waals surface area contributed by atoms with Gasteiger partial charge >= 0.3 is 5.97 Å². The van der Waals surface area contributed by atoms with Crippen LogP contribution in [0.25, 0.3) is 0 Å². The molecule has 0 aliphatic carbocycles. The Morgan fingerprint density at radius 3 is 2.06 bits per heavy atom. The van der Waals surface area contributed by atoms with E-state index in [1.54, 1.807) is 0 Å². The van der Waals surface area contributed by atoms with Crippen LogP contribution in [0.4, 0.5) is 0 Å². The molecule has 17 heavy (non-hydrogen) atoms. The van der Waals surface area contributed by atoms with E-state index in [1.807, 2.05) is 24.3 Å². The van der Waals surface area contributed by atoms with Gasteiger partial charge < -0.3 is 14.2 Å². The lowest BCUT2D eigenvalue weighted by molar-refractivity contribution is -0.480. The van der Waals surface area contributed by atoms with Gasteiger partial charge in [-0.15, -0.1) is 0 Å². The van der Waals surface area contributed by atoms with Gasteiger partial charge in [0.15, 0.2) is 0 Å². The summed E-state index contributed by atoms with van der Waals surface area (Å²) in [5.74, 6) is -0.975. The smallest absolute Gasteiger partial charge is 0.312 e. The minimum Gasteiger partial charge on any atom is -0.323 e. The highest BCUT2D eigenvalue weighted by atomic mass is 79.9. The van der Waals surface area contributed by atoms with E-state index in [9.17, 15) is 0 Å². The van der Waals surface area contributed by atoms with Crippen molar-refractivity contribution in [1.29, 1.82) is 0 Å². The number of fused-ring (bicyclic) bond motifs is 3. The first-order chi connectivity index (χ1) is 8.18. The summed E-state index contributed by atoms with van der Waals surface area (Å²) in [6, 6.07) is 7.87. The van der Waals surface area contributed by atoms with Crippen LogP contribution in [0.15, 0.2) is 28.7 Å². The molecule has 3 aliphatic rings. The van der Waals surface area contributed by atoms with E-state index < -0.39 is 5.97 Å². The van der Waals surface area contributed by atoms with E-state index in [2.05, 4.69) is 22.9 Å². The maximum atomic E-state index is 5.82. The zero-order valence-electron chi connectivity index (χ0n) is 9.74. The van der Waals surface area contributed by atoms with Gasteiger partial charge in [-0.05, 0) is 30.7 Å². The van der Waals surface area contributed by atoms with Gasteiger partial charge in [0.05, 0.1) is 19.8 Å². The first-order valence-corrected chi connectivity index (χ1v) is 6.65. The lowest BCUT2D eigenvalue weighted by atomic mass is 9.85. The fourth-order valence-corrected chi connectivity index (χ4v) is 2.47. The fourth-order valence-electron chi connectivity index (χ4n) is 2.20. The molecule has 0 unspecified atom stereocenters. The molecule has 3 aliphatic heterocycles. The van der Waals surface area contributed by atoms with E-state index in [0.717, 1.165) is 16.5 Å². The molecule has 0 saturated carbocycles. The molecule has 1 aromatic rings. The van der Waals surface area contributed by atoms with Crippen molar-refractivity contribution in [2.45, 2.75) is 19.3 Å². The zero-order chi connectivity index (χ0) is 11.9. The van der Waals surface area contributed by atoms with E-state index in [1.165, 1.54) is 0 Å². The van der Waals surface area contributed by atoms with Gasteiger partial charge in [-0.25, -0.2) is 0 Å². The van der Waals surface area contributed by atoms with Crippen LogP contribution < -0.4 is 0 Å². The molecule has 3 nitrogen and oxygen atoms in total. The molecule has 3 fully saturated rings. The fraction of sp³-hybridized carbons (Fsp3) is 0.538. The predicted molar refractivity (Wildman–Crippen MR) is 66.4 cm³/mol. The normalized spacial score (nSPS) is 36.1. The molecule has 2 bridgehead atoms. The van der Waals surface area contributed by atoms with Crippen molar-refractivity contribution >= 4 is 15.9 Å². The Bertz CT molecular complexity index is 391. The first-order valence-electron chi connectivity index (χ1n) is 5.86. The van der Waals surface area contributed by atoms with Crippen LogP contribution in [0.2, 0.25) is 0 Å². The minimum atomic E-state index is -0.975. The summed E-state index contributed by atoms with van der Waals surface area (Å²) in [5.41, 5.74) is 0.974. The summed E-state index contributed by atoms with van der Waals surface area (Å²) in [5, 5.41) is 0. The molecular weight excluding hydrogens is 284 g/mol. The summed E-state index contributed by atoms with van der Waals surface area (Å²) >= 11 is 3.42. The minimum absolute atomic E-state index is 0.0527. The summed E-state index contributed by atoms with van der Waals surface area (Å²) < 4.78 is 18.5. The van der Waals surface area contributed by atoms with Crippen molar-refractivity contribution in [3.8, 4) is 0 Å². The Morgan fingerprint density at radius 2 is 1.59 bits per heavy atom. The van der Waals surface area contributed by atoms with Crippen LogP contribution in [0.3, 0.4) is 0 Å². The van der Waals surface area contributed by atoms with Crippen LogP contribution in [0.5, 0.6) is 0 Å². The second-order valence-corrected chi connectivity index (χ2v) is 5.70. The molecule has 3 saturated heterocycles. The van der Waals surface area contributed by atoms with Gasteiger partial charge in [-0.1, -0.05) is 22.9 Å². The Kier molecular flexibility index (Phi) is 2.78. The van der Waals surface area contributed by atoms with Gasteiger partial charge in [-0.3, -0.25) is 0 Å². The van der Waals surface area contributed by atoms with Crippen molar-refractivity contribution in [3.63, 3.8) is 0 Å². The zero-order valence-corrected chi connectivity index (χ0v) is 11.3. The Balaban J connectivity index is 1.88. The van der Waals surface area contributed by atoms with Crippen molar-refractivity contribution in [3.05, 3.63) is 34.3 Å². The largest absolute Gasteiger partial charge is 0.323 e. The number of ether oxygens (including phenoxy) is 3. The Labute approximate surface area is 109 Å². The number of benzene rings is 1. The van der Waals surface area contributed by atoms with Crippen LogP contribution in [0, 0.1) is 5.41 Å². The molecule has 0 atom stereocenters. The topological polar surface area (TPSA) is 27.7 Å². The molecule has 0 amide bonds.